The normalized spacial score (nSPS) is 26.2. The van der Waals surface area contributed by atoms with Crippen molar-refractivity contribution in [3.63, 3.8) is 0 Å². The van der Waals surface area contributed by atoms with Gasteiger partial charge in [-0.25, -0.2) is 0 Å². The fraction of sp³-hybridized carbons (Fsp3) is 0.500. The predicted molar refractivity (Wildman–Crippen MR) is 85.5 cm³/mol. The van der Waals surface area contributed by atoms with E-state index in [-0.39, 0.29) is 12.7 Å². The number of ketones is 1. The zero-order valence-electron chi connectivity index (χ0n) is 13.1. The van der Waals surface area contributed by atoms with Crippen LogP contribution in [0.15, 0.2) is 23.8 Å². The number of hydrogen-bond acceptors (Lipinski definition) is 5. The maximum absolute atomic E-state index is 12.6. The van der Waals surface area contributed by atoms with Gasteiger partial charge < -0.3 is 14.2 Å². The molecule has 5 nitrogen and oxygen atoms in total. The molecule has 4 rings (SSSR count). The Morgan fingerprint density at radius 2 is 2.00 bits per heavy atom. The first-order valence-corrected chi connectivity index (χ1v) is 8.24. The third-order valence-corrected chi connectivity index (χ3v) is 4.77. The van der Waals surface area contributed by atoms with E-state index in [2.05, 4.69) is 4.90 Å². The van der Waals surface area contributed by atoms with Crippen LogP contribution in [0.25, 0.3) is 6.08 Å². The first-order chi connectivity index (χ1) is 11.3. The fourth-order valence-electron chi connectivity index (χ4n) is 3.46. The van der Waals surface area contributed by atoms with Gasteiger partial charge in [0.1, 0.15) is 0 Å². The molecule has 0 amide bonds. The van der Waals surface area contributed by atoms with E-state index < -0.39 is 0 Å². The molecule has 1 aromatic rings. The van der Waals surface area contributed by atoms with Gasteiger partial charge in [-0.05, 0) is 42.2 Å². The summed E-state index contributed by atoms with van der Waals surface area (Å²) in [6.45, 7) is 4.56. The number of carbonyl (C=O) groups excluding carboxylic acids is 1. The van der Waals surface area contributed by atoms with Crippen molar-refractivity contribution in [1.29, 1.82) is 0 Å². The minimum absolute atomic E-state index is 0.133. The van der Waals surface area contributed by atoms with Crippen molar-refractivity contribution in [2.75, 3.05) is 39.6 Å². The highest BCUT2D eigenvalue weighted by Crippen LogP contribution is 2.35. The molecule has 0 aromatic heterocycles. The van der Waals surface area contributed by atoms with Gasteiger partial charge in [0.15, 0.2) is 17.3 Å². The Labute approximate surface area is 135 Å². The molecule has 2 fully saturated rings. The van der Waals surface area contributed by atoms with E-state index in [1.807, 2.05) is 24.3 Å². The van der Waals surface area contributed by atoms with Crippen molar-refractivity contribution < 1.29 is 19.0 Å². The van der Waals surface area contributed by atoms with Gasteiger partial charge in [0.05, 0.1) is 13.2 Å². The Kier molecular flexibility index (Phi) is 4.06. The summed E-state index contributed by atoms with van der Waals surface area (Å²) in [6.07, 6.45) is 3.82. The van der Waals surface area contributed by atoms with E-state index in [0.29, 0.717) is 5.78 Å². The molecule has 5 heteroatoms. The number of morpholine rings is 1. The highest BCUT2D eigenvalue weighted by atomic mass is 16.7. The lowest BCUT2D eigenvalue weighted by Gasteiger charge is -2.28. The van der Waals surface area contributed by atoms with E-state index in [9.17, 15) is 4.79 Å². The second-order valence-electron chi connectivity index (χ2n) is 6.30. The highest BCUT2D eigenvalue weighted by Gasteiger charge is 2.31. The molecule has 122 valence electrons. The summed E-state index contributed by atoms with van der Waals surface area (Å²) in [4.78, 5) is 15.0. The molecular formula is C18H21NO4. The highest BCUT2D eigenvalue weighted by molar-refractivity contribution is 6.03. The third-order valence-electron chi connectivity index (χ3n) is 4.77. The van der Waals surface area contributed by atoms with Crippen molar-refractivity contribution in [1.82, 2.24) is 4.90 Å². The van der Waals surface area contributed by atoms with Crippen molar-refractivity contribution in [2.24, 2.45) is 5.92 Å². The lowest BCUT2D eigenvalue weighted by atomic mass is 10.0. The molecule has 0 N–H and O–H groups in total. The molecule has 1 atom stereocenters. The minimum atomic E-state index is 0.133. The standard InChI is InChI=1S/C18H21NO4/c20-18-14(2-3-15(18)11-19-5-7-21-8-6-19)9-13-1-4-16-17(10-13)23-12-22-16/h1,4,9-10,15H,2-3,5-8,11-12H2/b14-9+. The van der Waals surface area contributed by atoms with Gasteiger partial charge in [-0.15, -0.1) is 0 Å². The van der Waals surface area contributed by atoms with Gasteiger partial charge in [-0.2, -0.15) is 0 Å². The van der Waals surface area contributed by atoms with E-state index in [4.69, 9.17) is 14.2 Å². The van der Waals surface area contributed by atoms with Crippen LogP contribution in [0.1, 0.15) is 18.4 Å². The van der Waals surface area contributed by atoms with Crippen LogP contribution in [-0.4, -0.2) is 50.3 Å². The van der Waals surface area contributed by atoms with E-state index in [1.54, 1.807) is 0 Å². The number of Topliss-reactive ketones (excluding diaryl/α,β-unsaturated/α-hetero) is 1. The topological polar surface area (TPSA) is 48.0 Å². The molecule has 1 saturated carbocycles. The summed E-state index contributed by atoms with van der Waals surface area (Å²) < 4.78 is 16.1. The lowest BCUT2D eigenvalue weighted by Crippen LogP contribution is -2.40. The molecule has 1 saturated heterocycles. The molecule has 1 unspecified atom stereocenters. The molecule has 1 aliphatic carbocycles. The number of fused-ring (bicyclic) bond motifs is 1. The Hall–Kier alpha value is -1.85. The van der Waals surface area contributed by atoms with Gasteiger partial charge in [-0.1, -0.05) is 6.07 Å². The molecule has 0 spiro atoms. The third kappa shape index (κ3) is 3.12. The van der Waals surface area contributed by atoms with Gasteiger partial charge >= 0.3 is 0 Å². The summed E-state index contributed by atoms with van der Waals surface area (Å²) in [5.74, 6) is 1.97. The SMILES string of the molecule is O=C1/C(=C/c2ccc3c(c2)OCO3)CCC1CN1CCOCC1. The van der Waals surface area contributed by atoms with Crippen LogP contribution >= 0.6 is 0 Å². The zero-order chi connectivity index (χ0) is 15.6. The summed E-state index contributed by atoms with van der Waals surface area (Å²) in [7, 11) is 0. The quantitative estimate of drug-likeness (QED) is 0.800. The van der Waals surface area contributed by atoms with Crippen LogP contribution in [0, 0.1) is 5.92 Å². The number of nitrogens with zero attached hydrogens (tertiary/aromatic N) is 1. The number of carbonyl (C=O) groups is 1. The van der Waals surface area contributed by atoms with Gasteiger partial charge in [-0.3, -0.25) is 9.69 Å². The average Bonchev–Trinajstić information content (AvgIpc) is 3.17. The van der Waals surface area contributed by atoms with Crippen LogP contribution in [0.3, 0.4) is 0 Å². The first kappa shape index (κ1) is 14.7. The van der Waals surface area contributed by atoms with Crippen LogP contribution < -0.4 is 9.47 Å². The Morgan fingerprint density at radius 3 is 2.87 bits per heavy atom. The summed E-state index contributed by atoms with van der Waals surface area (Å²) in [6, 6.07) is 5.82. The maximum Gasteiger partial charge on any atom is 0.231 e. The summed E-state index contributed by atoms with van der Waals surface area (Å²) in [5, 5.41) is 0. The monoisotopic (exact) mass is 315 g/mol. The smallest absolute Gasteiger partial charge is 0.231 e. The number of ether oxygens (including phenoxy) is 3. The van der Waals surface area contributed by atoms with Crippen LogP contribution in [0.2, 0.25) is 0 Å². The van der Waals surface area contributed by atoms with Crippen molar-refractivity contribution in [3.8, 4) is 11.5 Å². The van der Waals surface area contributed by atoms with Crippen molar-refractivity contribution in [2.45, 2.75) is 12.8 Å². The van der Waals surface area contributed by atoms with E-state index in [1.165, 1.54) is 0 Å². The number of benzene rings is 1. The van der Waals surface area contributed by atoms with Gasteiger partial charge in [0.2, 0.25) is 6.79 Å². The van der Waals surface area contributed by atoms with Crippen LogP contribution in [-0.2, 0) is 9.53 Å². The predicted octanol–water partition coefficient (Wildman–Crippen LogP) is 2.11. The van der Waals surface area contributed by atoms with E-state index >= 15 is 0 Å². The average molecular weight is 315 g/mol. The maximum atomic E-state index is 12.6. The molecule has 0 bridgehead atoms. The first-order valence-electron chi connectivity index (χ1n) is 8.24. The van der Waals surface area contributed by atoms with Gasteiger partial charge in [0, 0.05) is 25.6 Å². The summed E-state index contributed by atoms with van der Waals surface area (Å²) >= 11 is 0. The number of rotatable bonds is 3. The molecule has 2 heterocycles. The van der Waals surface area contributed by atoms with Crippen LogP contribution in [0.4, 0.5) is 0 Å². The number of allylic oxidation sites excluding steroid dienone is 1. The lowest BCUT2D eigenvalue weighted by molar-refractivity contribution is -0.118. The Balaban J connectivity index is 1.44. The largest absolute Gasteiger partial charge is 0.454 e. The molecule has 0 radical (unpaired) electrons. The molecule has 2 aliphatic heterocycles. The number of hydrogen-bond donors (Lipinski definition) is 0. The second kappa shape index (κ2) is 6.34. The molecule has 23 heavy (non-hydrogen) atoms. The molecule has 1 aromatic carbocycles. The Bertz CT molecular complexity index is 634. The van der Waals surface area contributed by atoms with Crippen LogP contribution in [0.5, 0.6) is 11.5 Å². The van der Waals surface area contributed by atoms with E-state index in [0.717, 1.165) is 68.3 Å². The van der Waals surface area contributed by atoms with Crippen molar-refractivity contribution in [3.05, 3.63) is 29.3 Å². The minimum Gasteiger partial charge on any atom is -0.454 e. The second-order valence-corrected chi connectivity index (χ2v) is 6.30. The molecule has 3 aliphatic rings. The van der Waals surface area contributed by atoms with Crippen molar-refractivity contribution >= 4 is 11.9 Å². The molecular weight excluding hydrogens is 294 g/mol. The summed E-state index contributed by atoms with van der Waals surface area (Å²) in [5.41, 5.74) is 1.94. The zero-order valence-corrected chi connectivity index (χ0v) is 13.1. The van der Waals surface area contributed by atoms with Gasteiger partial charge in [0.25, 0.3) is 0 Å². The Morgan fingerprint density at radius 1 is 1.17 bits per heavy atom. The fourth-order valence-corrected chi connectivity index (χ4v) is 3.46.